The Kier molecular flexibility index (Phi) is 5.07. The molecule has 2 N–H and O–H groups in total. The van der Waals surface area contributed by atoms with Gasteiger partial charge in [0.2, 0.25) is 0 Å². The van der Waals surface area contributed by atoms with Crippen LogP contribution in [0.25, 0.3) is 0 Å². The lowest BCUT2D eigenvalue weighted by Crippen LogP contribution is -2.37. The van der Waals surface area contributed by atoms with Gasteiger partial charge in [-0.15, -0.1) is 0 Å². The normalized spacial score (nSPS) is 32.8. The van der Waals surface area contributed by atoms with E-state index in [9.17, 15) is 0 Å². The average Bonchev–Trinajstić information content (AvgIpc) is 2.71. The molecule has 1 saturated carbocycles. The van der Waals surface area contributed by atoms with Crippen LogP contribution in [0.5, 0.6) is 0 Å². The van der Waals surface area contributed by atoms with E-state index in [1.54, 1.807) is 0 Å². The Balaban J connectivity index is 1.63. The van der Waals surface area contributed by atoms with E-state index in [4.69, 9.17) is 10.5 Å². The fourth-order valence-electron chi connectivity index (χ4n) is 2.85. The van der Waals surface area contributed by atoms with Crippen molar-refractivity contribution < 1.29 is 4.74 Å². The van der Waals surface area contributed by atoms with Crippen LogP contribution in [0.15, 0.2) is 0 Å². The highest BCUT2D eigenvalue weighted by Gasteiger charge is 2.21. The largest absolute Gasteiger partial charge is 0.375 e. The summed E-state index contributed by atoms with van der Waals surface area (Å²) in [5, 5.41) is 0. The molecule has 16 heavy (non-hydrogen) atoms. The third kappa shape index (κ3) is 3.72. The molecule has 1 heterocycles. The minimum Gasteiger partial charge on any atom is -0.375 e. The van der Waals surface area contributed by atoms with E-state index in [1.807, 2.05) is 0 Å². The summed E-state index contributed by atoms with van der Waals surface area (Å²) in [6.07, 6.45) is 9.28. The van der Waals surface area contributed by atoms with Crippen LogP contribution < -0.4 is 5.73 Å². The number of likely N-dealkylation sites (tertiary alicyclic amines) is 1. The van der Waals surface area contributed by atoms with Gasteiger partial charge in [0.05, 0.1) is 12.7 Å². The van der Waals surface area contributed by atoms with Crippen molar-refractivity contribution in [2.75, 3.05) is 26.2 Å². The fourth-order valence-corrected chi connectivity index (χ4v) is 2.85. The van der Waals surface area contributed by atoms with Gasteiger partial charge in [0.25, 0.3) is 0 Å². The number of nitrogens with two attached hydrogens (primary N) is 1. The molecular formula is C13H26N2O. The molecule has 0 aromatic carbocycles. The zero-order valence-corrected chi connectivity index (χ0v) is 10.4. The lowest BCUT2D eigenvalue weighted by atomic mass is 10.1. The first-order valence-corrected chi connectivity index (χ1v) is 6.96. The van der Waals surface area contributed by atoms with E-state index in [0.29, 0.717) is 6.10 Å². The molecule has 2 atom stereocenters. The van der Waals surface area contributed by atoms with Crippen molar-refractivity contribution in [3.63, 3.8) is 0 Å². The molecule has 0 aromatic rings. The van der Waals surface area contributed by atoms with E-state index >= 15 is 0 Å². The smallest absolute Gasteiger partial charge is 0.0726 e. The monoisotopic (exact) mass is 226 g/mol. The predicted octanol–water partition coefficient (Wildman–Crippen LogP) is 1.76. The third-order valence-corrected chi connectivity index (χ3v) is 3.94. The average molecular weight is 226 g/mol. The highest BCUT2D eigenvalue weighted by molar-refractivity contribution is 4.77. The van der Waals surface area contributed by atoms with Crippen LogP contribution in [-0.2, 0) is 4.74 Å². The zero-order chi connectivity index (χ0) is 11.2. The Morgan fingerprint density at radius 2 is 1.75 bits per heavy atom. The van der Waals surface area contributed by atoms with Crippen molar-refractivity contribution in [1.82, 2.24) is 4.90 Å². The van der Waals surface area contributed by atoms with Gasteiger partial charge in [-0.3, -0.25) is 0 Å². The number of nitrogens with zero attached hydrogens (tertiary/aromatic N) is 1. The van der Waals surface area contributed by atoms with Gasteiger partial charge in [0, 0.05) is 12.6 Å². The summed E-state index contributed by atoms with van der Waals surface area (Å²) < 4.78 is 5.97. The third-order valence-electron chi connectivity index (χ3n) is 3.94. The van der Waals surface area contributed by atoms with Crippen LogP contribution in [0.3, 0.4) is 0 Å². The summed E-state index contributed by atoms with van der Waals surface area (Å²) in [6.45, 7) is 4.50. The topological polar surface area (TPSA) is 38.5 Å². The summed E-state index contributed by atoms with van der Waals surface area (Å²) in [7, 11) is 0. The molecule has 1 aliphatic carbocycles. The van der Waals surface area contributed by atoms with Crippen LogP contribution in [0.1, 0.15) is 44.9 Å². The molecule has 0 spiro atoms. The minimum atomic E-state index is 0.279. The van der Waals surface area contributed by atoms with E-state index in [-0.39, 0.29) is 6.04 Å². The zero-order valence-electron chi connectivity index (χ0n) is 10.4. The number of hydrogen-bond donors (Lipinski definition) is 1. The first kappa shape index (κ1) is 12.3. The second-order valence-electron chi connectivity index (χ2n) is 5.26. The van der Waals surface area contributed by atoms with Crippen LogP contribution in [0.2, 0.25) is 0 Å². The number of hydrogen-bond acceptors (Lipinski definition) is 3. The predicted molar refractivity (Wildman–Crippen MR) is 66.5 cm³/mol. The van der Waals surface area contributed by atoms with E-state index in [0.717, 1.165) is 19.6 Å². The molecule has 2 aliphatic rings. The maximum Gasteiger partial charge on any atom is 0.0726 e. The Morgan fingerprint density at radius 3 is 2.56 bits per heavy atom. The Bertz CT molecular complexity index is 192. The van der Waals surface area contributed by atoms with E-state index in [1.165, 1.54) is 51.6 Å². The van der Waals surface area contributed by atoms with Crippen molar-refractivity contribution in [2.24, 2.45) is 5.73 Å². The maximum absolute atomic E-state index is 6.13. The van der Waals surface area contributed by atoms with Gasteiger partial charge in [-0.05, 0) is 38.8 Å². The molecular weight excluding hydrogens is 200 g/mol. The van der Waals surface area contributed by atoms with Gasteiger partial charge < -0.3 is 15.4 Å². The van der Waals surface area contributed by atoms with Gasteiger partial charge in [-0.25, -0.2) is 0 Å². The first-order chi connectivity index (χ1) is 7.86. The van der Waals surface area contributed by atoms with Gasteiger partial charge in [-0.2, -0.15) is 0 Å². The summed E-state index contributed by atoms with van der Waals surface area (Å²) >= 11 is 0. The molecule has 0 bridgehead atoms. The van der Waals surface area contributed by atoms with Crippen molar-refractivity contribution in [2.45, 2.75) is 57.1 Å². The van der Waals surface area contributed by atoms with Gasteiger partial charge in [0.1, 0.15) is 0 Å². The minimum absolute atomic E-state index is 0.279. The van der Waals surface area contributed by atoms with Crippen molar-refractivity contribution in [3.05, 3.63) is 0 Å². The van der Waals surface area contributed by atoms with E-state index in [2.05, 4.69) is 4.90 Å². The summed E-state index contributed by atoms with van der Waals surface area (Å²) in [5.74, 6) is 0. The number of ether oxygens (including phenoxy) is 1. The Hall–Kier alpha value is -0.120. The molecule has 94 valence electrons. The fraction of sp³-hybridized carbons (Fsp3) is 1.00. The Labute approximate surface area is 99.3 Å². The first-order valence-electron chi connectivity index (χ1n) is 6.96. The lowest BCUT2D eigenvalue weighted by Gasteiger charge is -2.23. The molecule has 1 saturated heterocycles. The number of rotatable bonds is 4. The molecule has 2 unspecified atom stereocenters. The molecule has 3 heteroatoms. The van der Waals surface area contributed by atoms with Crippen molar-refractivity contribution in [3.8, 4) is 0 Å². The SMILES string of the molecule is NC1CCCCCC1OCCN1CCCC1. The van der Waals surface area contributed by atoms with Gasteiger partial charge in [-0.1, -0.05) is 19.3 Å². The molecule has 3 nitrogen and oxygen atoms in total. The van der Waals surface area contributed by atoms with Crippen LogP contribution in [0, 0.1) is 0 Å². The van der Waals surface area contributed by atoms with Crippen molar-refractivity contribution >= 4 is 0 Å². The standard InChI is InChI=1S/C13H26N2O/c14-12-6-2-1-3-7-13(12)16-11-10-15-8-4-5-9-15/h12-13H,1-11,14H2. The summed E-state index contributed by atoms with van der Waals surface area (Å²) in [6, 6.07) is 0.279. The van der Waals surface area contributed by atoms with Crippen LogP contribution in [0.4, 0.5) is 0 Å². The van der Waals surface area contributed by atoms with E-state index < -0.39 is 0 Å². The van der Waals surface area contributed by atoms with Crippen molar-refractivity contribution in [1.29, 1.82) is 0 Å². The Morgan fingerprint density at radius 1 is 1.00 bits per heavy atom. The second-order valence-corrected chi connectivity index (χ2v) is 5.26. The molecule has 2 fully saturated rings. The second kappa shape index (κ2) is 6.58. The molecule has 1 aliphatic heterocycles. The quantitative estimate of drug-likeness (QED) is 0.742. The maximum atomic E-state index is 6.13. The van der Waals surface area contributed by atoms with Gasteiger partial charge in [0.15, 0.2) is 0 Å². The highest BCUT2D eigenvalue weighted by Crippen LogP contribution is 2.19. The molecule has 0 aromatic heterocycles. The highest BCUT2D eigenvalue weighted by atomic mass is 16.5. The van der Waals surface area contributed by atoms with Crippen LogP contribution in [-0.4, -0.2) is 43.3 Å². The summed E-state index contributed by atoms with van der Waals surface area (Å²) in [5.41, 5.74) is 6.13. The lowest BCUT2D eigenvalue weighted by molar-refractivity contribution is 0.0212. The molecule has 0 radical (unpaired) electrons. The van der Waals surface area contributed by atoms with Crippen LogP contribution >= 0.6 is 0 Å². The summed E-state index contributed by atoms with van der Waals surface area (Å²) in [4.78, 5) is 2.50. The molecule has 0 amide bonds. The van der Waals surface area contributed by atoms with Gasteiger partial charge >= 0.3 is 0 Å². The molecule has 2 rings (SSSR count).